The molecule has 0 aliphatic carbocycles. The van der Waals surface area contributed by atoms with Gasteiger partial charge in [-0.3, -0.25) is 0 Å². The molecule has 0 bridgehead atoms. The molecule has 7 heteroatoms. The number of rotatable bonds is 6. The molecule has 7 nitrogen and oxygen atoms in total. The average molecular weight is 537 g/mol. The van der Waals surface area contributed by atoms with Gasteiger partial charge in [0.05, 0.1) is 25.2 Å². The van der Waals surface area contributed by atoms with Crippen LogP contribution in [0.4, 0.5) is 0 Å². The lowest BCUT2D eigenvalue weighted by atomic mass is 9.95. The monoisotopic (exact) mass is 536 g/mol. The van der Waals surface area contributed by atoms with E-state index in [0.29, 0.717) is 45.3 Å². The maximum absolute atomic E-state index is 13.0. The lowest BCUT2D eigenvalue weighted by molar-refractivity contribution is 0.0735. The summed E-state index contributed by atoms with van der Waals surface area (Å²) in [6.45, 7) is 1.72. The summed E-state index contributed by atoms with van der Waals surface area (Å²) in [7, 11) is 3.12. The molecular weight excluding hydrogens is 508 g/mol. The molecule has 0 saturated carbocycles. The number of aromatic hydroxyl groups is 1. The molecule has 1 atom stereocenters. The van der Waals surface area contributed by atoms with Crippen molar-refractivity contribution < 1.29 is 33.3 Å². The van der Waals surface area contributed by atoms with E-state index in [1.54, 1.807) is 38.3 Å². The van der Waals surface area contributed by atoms with Gasteiger partial charge in [0.25, 0.3) is 0 Å². The molecule has 0 radical (unpaired) electrons. The van der Waals surface area contributed by atoms with Crippen molar-refractivity contribution in [1.29, 1.82) is 0 Å². The van der Waals surface area contributed by atoms with Crippen LogP contribution in [0.1, 0.15) is 39.6 Å². The Balaban J connectivity index is 1.50. The number of carbonyl (C=O) groups is 1. The second kappa shape index (κ2) is 10.3. The fraction of sp³-hybridized carbons (Fsp3) is 0.182. The molecule has 2 heterocycles. The Morgan fingerprint density at radius 2 is 1.65 bits per heavy atom. The maximum atomic E-state index is 13.0. The lowest BCUT2D eigenvalue weighted by Gasteiger charge is -2.28. The van der Waals surface area contributed by atoms with Crippen LogP contribution in [0, 0.1) is 6.92 Å². The summed E-state index contributed by atoms with van der Waals surface area (Å²) < 4.78 is 30.1. The molecule has 1 aromatic heterocycles. The van der Waals surface area contributed by atoms with E-state index < -0.39 is 5.97 Å². The molecular formula is C33H28O7. The number of methoxy groups -OCH3 is 2. The Morgan fingerprint density at radius 1 is 0.925 bits per heavy atom. The van der Waals surface area contributed by atoms with Crippen LogP contribution in [-0.2, 0) is 6.42 Å². The molecule has 5 aromatic rings. The van der Waals surface area contributed by atoms with Crippen molar-refractivity contribution in [3.63, 3.8) is 0 Å². The molecule has 0 saturated heterocycles. The van der Waals surface area contributed by atoms with E-state index in [2.05, 4.69) is 12.1 Å². The van der Waals surface area contributed by atoms with E-state index in [4.69, 9.17) is 23.4 Å². The second-order valence-electron chi connectivity index (χ2n) is 9.65. The zero-order valence-electron chi connectivity index (χ0n) is 22.4. The Labute approximate surface area is 231 Å². The van der Waals surface area contributed by atoms with Gasteiger partial charge in [0.1, 0.15) is 51.8 Å². The Morgan fingerprint density at radius 3 is 2.35 bits per heavy atom. The summed E-state index contributed by atoms with van der Waals surface area (Å²) in [5, 5.41) is 11.4. The zero-order valence-corrected chi connectivity index (χ0v) is 22.4. The fourth-order valence-corrected chi connectivity index (χ4v) is 5.25. The predicted octanol–water partition coefficient (Wildman–Crippen LogP) is 7.42. The largest absolute Gasteiger partial charge is 0.507 e. The Bertz CT molecular complexity index is 1700. The smallest absolute Gasteiger partial charge is 0.343 e. The molecule has 202 valence electrons. The highest BCUT2D eigenvalue weighted by Crippen LogP contribution is 2.50. The highest BCUT2D eigenvalue weighted by molar-refractivity contribution is 5.96. The minimum Gasteiger partial charge on any atom is -0.507 e. The average Bonchev–Trinajstić information content (AvgIpc) is 3.42. The van der Waals surface area contributed by atoms with E-state index in [1.165, 1.54) is 13.2 Å². The van der Waals surface area contributed by atoms with Crippen LogP contribution in [0.2, 0.25) is 0 Å². The van der Waals surface area contributed by atoms with Gasteiger partial charge in [-0.05, 0) is 43.5 Å². The van der Waals surface area contributed by atoms with Crippen molar-refractivity contribution in [2.45, 2.75) is 25.9 Å². The van der Waals surface area contributed by atoms with Crippen LogP contribution >= 0.6 is 0 Å². The quantitative estimate of drug-likeness (QED) is 0.178. The molecule has 40 heavy (non-hydrogen) atoms. The predicted molar refractivity (Wildman–Crippen MR) is 151 cm³/mol. The first-order valence-corrected chi connectivity index (χ1v) is 13.0. The minimum absolute atomic E-state index is 0.0688. The van der Waals surface area contributed by atoms with Crippen molar-refractivity contribution in [3.05, 3.63) is 101 Å². The molecule has 0 unspecified atom stereocenters. The van der Waals surface area contributed by atoms with Crippen LogP contribution in [0.3, 0.4) is 0 Å². The summed E-state index contributed by atoms with van der Waals surface area (Å²) in [5.41, 5.74) is 3.88. The lowest BCUT2D eigenvalue weighted by Crippen LogP contribution is -2.16. The van der Waals surface area contributed by atoms with Gasteiger partial charge in [-0.1, -0.05) is 48.5 Å². The summed E-state index contributed by atoms with van der Waals surface area (Å²) in [4.78, 5) is 13.0. The van der Waals surface area contributed by atoms with Crippen molar-refractivity contribution in [1.82, 2.24) is 0 Å². The molecule has 1 aliphatic rings. The number of esters is 1. The van der Waals surface area contributed by atoms with Crippen LogP contribution in [-0.4, -0.2) is 25.3 Å². The van der Waals surface area contributed by atoms with Crippen LogP contribution in [0.25, 0.3) is 22.3 Å². The molecule has 6 rings (SSSR count). The van der Waals surface area contributed by atoms with Gasteiger partial charge >= 0.3 is 5.97 Å². The number of fused-ring (bicyclic) bond motifs is 3. The third-order valence-electron chi connectivity index (χ3n) is 7.28. The van der Waals surface area contributed by atoms with Gasteiger partial charge in [0.15, 0.2) is 0 Å². The van der Waals surface area contributed by atoms with Gasteiger partial charge in [0, 0.05) is 23.3 Å². The fourth-order valence-electron chi connectivity index (χ4n) is 5.25. The van der Waals surface area contributed by atoms with E-state index in [9.17, 15) is 9.90 Å². The summed E-state index contributed by atoms with van der Waals surface area (Å²) in [6.07, 6.45) is 1.47. The number of benzene rings is 4. The highest BCUT2D eigenvalue weighted by atomic mass is 16.5. The number of phenols is 1. The molecule has 1 aliphatic heterocycles. The molecule has 0 fully saturated rings. The topological polar surface area (TPSA) is 87.4 Å². The number of hydrogen-bond acceptors (Lipinski definition) is 7. The number of hydrogen-bond donors (Lipinski definition) is 1. The van der Waals surface area contributed by atoms with E-state index in [-0.39, 0.29) is 17.6 Å². The molecule has 4 aromatic carbocycles. The SMILES string of the molecule is COc1cc2oc(-c3c(OC(=O)c4ccccc4)cc(O)c(C)c3OC)cc2c2c1CC[C@@H](c1ccccc1)O2. The van der Waals surface area contributed by atoms with Gasteiger partial charge < -0.3 is 28.5 Å². The third-order valence-corrected chi connectivity index (χ3v) is 7.28. The first-order valence-electron chi connectivity index (χ1n) is 13.0. The number of carbonyl (C=O) groups excluding carboxylic acids is 1. The second-order valence-corrected chi connectivity index (χ2v) is 9.65. The highest BCUT2D eigenvalue weighted by Gasteiger charge is 2.30. The normalized spacial score (nSPS) is 14.3. The van der Waals surface area contributed by atoms with E-state index in [1.807, 2.05) is 36.4 Å². The van der Waals surface area contributed by atoms with Crippen LogP contribution in [0.5, 0.6) is 28.7 Å². The van der Waals surface area contributed by atoms with Crippen LogP contribution < -0.4 is 18.9 Å². The summed E-state index contributed by atoms with van der Waals surface area (Å²) >= 11 is 0. The van der Waals surface area contributed by atoms with Crippen LogP contribution in [0.15, 0.2) is 83.3 Å². The Kier molecular flexibility index (Phi) is 6.56. The van der Waals surface area contributed by atoms with Gasteiger partial charge in [-0.15, -0.1) is 0 Å². The van der Waals surface area contributed by atoms with E-state index >= 15 is 0 Å². The minimum atomic E-state index is -0.573. The summed E-state index contributed by atoms with van der Waals surface area (Å²) in [5.74, 6) is 1.57. The first kappa shape index (κ1) is 25.4. The number of furan rings is 1. The van der Waals surface area contributed by atoms with Crippen molar-refractivity contribution in [3.8, 4) is 40.1 Å². The zero-order chi connectivity index (χ0) is 27.8. The summed E-state index contributed by atoms with van der Waals surface area (Å²) in [6, 6.07) is 23.9. The number of ether oxygens (including phenoxy) is 4. The first-order chi connectivity index (χ1) is 19.5. The standard InChI is InChI=1S/C33H28O7/c1-19-24(34)17-29(40-33(35)21-12-8-5-9-13-21)30(31(19)37-3)28-16-23-27(38-28)18-26(36-2)22-14-15-25(39-32(22)23)20-10-6-4-7-11-20/h4-13,16-18,25,34H,14-15H2,1-3H3/t25-/m0/s1. The number of phenolic OH excluding ortho intramolecular Hbond substituents is 1. The van der Waals surface area contributed by atoms with Gasteiger partial charge in [-0.25, -0.2) is 4.79 Å². The molecule has 0 amide bonds. The Hall–Kier alpha value is -4.91. The van der Waals surface area contributed by atoms with E-state index in [0.717, 1.165) is 29.4 Å². The van der Waals surface area contributed by atoms with Gasteiger partial charge in [-0.2, -0.15) is 0 Å². The molecule has 1 N–H and O–H groups in total. The van der Waals surface area contributed by atoms with Gasteiger partial charge in [0.2, 0.25) is 0 Å². The van der Waals surface area contributed by atoms with Crippen molar-refractivity contribution in [2.24, 2.45) is 0 Å². The molecule has 0 spiro atoms. The third kappa shape index (κ3) is 4.39. The van der Waals surface area contributed by atoms with Crippen molar-refractivity contribution in [2.75, 3.05) is 14.2 Å². The maximum Gasteiger partial charge on any atom is 0.343 e. The van der Waals surface area contributed by atoms with Crippen molar-refractivity contribution >= 4 is 16.9 Å².